The monoisotopic (exact) mass is 371 g/mol. The number of hydrogen-bond acceptors (Lipinski definition) is 0. The third-order valence-corrected chi connectivity index (χ3v) is 5.31. The fourth-order valence-electron chi connectivity index (χ4n) is 3.64. The van der Waals surface area contributed by atoms with Crippen LogP contribution in [0, 0.1) is 0 Å². The number of para-hydroxylation sites is 1. The van der Waals surface area contributed by atoms with Crippen LogP contribution in [-0.2, 0) is 0 Å². The predicted molar refractivity (Wildman–Crippen MR) is 106 cm³/mol. The summed E-state index contributed by atoms with van der Waals surface area (Å²) in [6.07, 6.45) is 0. The molecule has 0 aliphatic heterocycles. The van der Waals surface area contributed by atoms with Crippen LogP contribution in [0.2, 0.25) is 0 Å². The van der Waals surface area contributed by atoms with Gasteiger partial charge in [-0.2, -0.15) is 0 Å². The van der Waals surface area contributed by atoms with Crippen LogP contribution < -0.4 is 0 Å². The first-order valence-corrected chi connectivity index (χ1v) is 8.80. The Balaban J connectivity index is 2.10. The minimum atomic E-state index is 1.14. The molecule has 0 atom stereocenters. The molecule has 0 aliphatic carbocycles. The molecule has 0 aliphatic rings. The van der Waals surface area contributed by atoms with Gasteiger partial charge in [-0.15, -0.1) is 0 Å². The second-order valence-corrected chi connectivity index (χ2v) is 6.84. The van der Waals surface area contributed by atoms with Crippen LogP contribution in [0.3, 0.4) is 0 Å². The van der Waals surface area contributed by atoms with Crippen molar-refractivity contribution in [2.24, 2.45) is 0 Å². The first kappa shape index (κ1) is 13.8. The van der Waals surface area contributed by atoms with Crippen molar-refractivity contribution in [1.82, 2.24) is 4.57 Å². The summed E-state index contributed by atoms with van der Waals surface area (Å²) in [4.78, 5) is 0. The summed E-state index contributed by atoms with van der Waals surface area (Å²) in [6, 6.07) is 30.0. The molecule has 24 heavy (non-hydrogen) atoms. The highest BCUT2D eigenvalue weighted by molar-refractivity contribution is 9.10. The van der Waals surface area contributed by atoms with Crippen molar-refractivity contribution in [3.63, 3.8) is 0 Å². The third kappa shape index (κ3) is 1.87. The fraction of sp³-hybridized carbons (Fsp3) is 0. The van der Waals surface area contributed by atoms with Crippen LogP contribution in [0.5, 0.6) is 0 Å². The molecule has 0 saturated heterocycles. The van der Waals surface area contributed by atoms with Crippen molar-refractivity contribution in [2.45, 2.75) is 0 Å². The van der Waals surface area contributed by atoms with E-state index in [1.165, 1.54) is 38.3 Å². The maximum atomic E-state index is 3.78. The summed E-state index contributed by atoms with van der Waals surface area (Å²) in [7, 11) is 0. The van der Waals surface area contributed by atoms with Gasteiger partial charge in [-0.1, -0.05) is 70.5 Å². The SMILES string of the molecule is Brc1cccc2c1c1c3ccccc3ccc1n2-c1ccccc1. The Kier molecular flexibility index (Phi) is 3.00. The van der Waals surface area contributed by atoms with Gasteiger partial charge in [0, 0.05) is 20.9 Å². The zero-order chi connectivity index (χ0) is 16.1. The fourth-order valence-corrected chi connectivity index (χ4v) is 4.19. The quantitative estimate of drug-likeness (QED) is 0.309. The zero-order valence-electron chi connectivity index (χ0n) is 12.9. The van der Waals surface area contributed by atoms with E-state index in [0.717, 1.165) is 4.47 Å². The summed E-state index contributed by atoms with van der Waals surface area (Å²) < 4.78 is 3.48. The van der Waals surface area contributed by atoms with Gasteiger partial charge in [0.05, 0.1) is 11.0 Å². The van der Waals surface area contributed by atoms with Crippen molar-refractivity contribution in [1.29, 1.82) is 0 Å². The lowest BCUT2D eigenvalue weighted by Gasteiger charge is -2.07. The lowest BCUT2D eigenvalue weighted by molar-refractivity contribution is 1.18. The Labute approximate surface area is 148 Å². The number of aromatic nitrogens is 1. The maximum Gasteiger partial charge on any atom is 0.0552 e. The van der Waals surface area contributed by atoms with Crippen LogP contribution >= 0.6 is 15.9 Å². The van der Waals surface area contributed by atoms with E-state index in [4.69, 9.17) is 0 Å². The van der Waals surface area contributed by atoms with Gasteiger partial charge in [-0.3, -0.25) is 0 Å². The van der Waals surface area contributed by atoms with E-state index in [1.54, 1.807) is 0 Å². The van der Waals surface area contributed by atoms with Gasteiger partial charge in [-0.25, -0.2) is 0 Å². The van der Waals surface area contributed by atoms with Crippen LogP contribution in [-0.4, -0.2) is 4.57 Å². The molecule has 0 fully saturated rings. The minimum Gasteiger partial charge on any atom is -0.309 e. The molecule has 0 saturated carbocycles. The average molecular weight is 372 g/mol. The van der Waals surface area contributed by atoms with Crippen LogP contribution in [0.25, 0.3) is 38.3 Å². The summed E-state index contributed by atoms with van der Waals surface area (Å²) in [5.74, 6) is 0. The molecule has 5 aromatic rings. The number of rotatable bonds is 1. The van der Waals surface area contributed by atoms with Crippen molar-refractivity contribution < 1.29 is 0 Å². The van der Waals surface area contributed by atoms with E-state index in [1.807, 2.05) is 0 Å². The minimum absolute atomic E-state index is 1.14. The average Bonchev–Trinajstić information content (AvgIpc) is 2.98. The summed E-state index contributed by atoms with van der Waals surface area (Å²) in [5, 5.41) is 5.14. The zero-order valence-corrected chi connectivity index (χ0v) is 14.5. The third-order valence-electron chi connectivity index (χ3n) is 4.64. The topological polar surface area (TPSA) is 4.93 Å². The van der Waals surface area contributed by atoms with Crippen molar-refractivity contribution in [2.75, 3.05) is 0 Å². The molecule has 0 spiro atoms. The van der Waals surface area contributed by atoms with Gasteiger partial charge in [0.25, 0.3) is 0 Å². The lowest BCUT2D eigenvalue weighted by Crippen LogP contribution is -1.92. The first-order valence-electron chi connectivity index (χ1n) is 8.00. The Morgan fingerprint density at radius 1 is 0.583 bits per heavy atom. The van der Waals surface area contributed by atoms with Crippen molar-refractivity contribution in [3.05, 3.63) is 89.4 Å². The summed E-state index contributed by atoms with van der Waals surface area (Å²) in [5.41, 5.74) is 3.65. The van der Waals surface area contributed by atoms with E-state index in [2.05, 4.69) is 105 Å². The van der Waals surface area contributed by atoms with Gasteiger partial charge in [0.2, 0.25) is 0 Å². The number of halogens is 1. The molecular formula is C22H14BrN. The van der Waals surface area contributed by atoms with Gasteiger partial charge >= 0.3 is 0 Å². The van der Waals surface area contributed by atoms with E-state index < -0.39 is 0 Å². The number of nitrogens with zero attached hydrogens (tertiary/aromatic N) is 1. The molecule has 114 valence electrons. The lowest BCUT2D eigenvalue weighted by atomic mass is 10.0. The molecule has 1 heterocycles. The number of fused-ring (bicyclic) bond motifs is 5. The molecule has 2 heteroatoms. The molecule has 1 aromatic heterocycles. The Morgan fingerprint density at radius 2 is 1.33 bits per heavy atom. The van der Waals surface area contributed by atoms with Crippen LogP contribution in [0.1, 0.15) is 0 Å². The Morgan fingerprint density at radius 3 is 2.21 bits per heavy atom. The van der Waals surface area contributed by atoms with Crippen LogP contribution in [0.4, 0.5) is 0 Å². The molecule has 0 amide bonds. The Hall–Kier alpha value is -2.58. The highest BCUT2D eigenvalue weighted by atomic mass is 79.9. The molecule has 0 N–H and O–H groups in total. The highest BCUT2D eigenvalue weighted by Crippen LogP contribution is 2.39. The molecule has 0 radical (unpaired) electrons. The second-order valence-electron chi connectivity index (χ2n) is 5.99. The van der Waals surface area contributed by atoms with Gasteiger partial charge in [-0.05, 0) is 41.1 Å². The van der Waals surface area contributed by atoms with Gasteiger partial charge < -0.3 is 4.57 Å². The van der Waals surface area contributed by atoms with Crippen molar-refractivity contribution >= 4 is 48.5 Å². The van der Waals surface area contributed by atoms with E-state index >= 15 is 0 Å². The van der Waals surface area contributed by atoms with E-state index in [0.29, 0.717) is 0 Å². The predicted octanol–water partition coefficient (Wildman–Crippen LogP) is 6.70. The standard InChI is InChI=1S/C22H14BrN/c23-18-11-6-12-19-22(18)21-17-10-5-4-7-15(17)13-14-20(21)24(19)16-8-2-1-3-9-16/h1-14H. The van der Waals surface area contributed by atoms with Gasteiger partial charge in [0.15, 0.2) is 0 Å². The molecule has 4 aromatic carbocycles. The molecule has 5 rings (SSSR count). The molecule has 0 unspecified atom stereocenters. The smallest absolute Gasteiger partial charge is 0.0552 e. The van der Waals surface area contributed by atoms with Crippen LogP contribution in [0.15, 0.2) is 89.4 Å². The van der Waals surface area contributed by atoms with E-state index in [-0.39, 0.29) is 0 Å². The molecule has 1 nitrogen and oxygen atoms in total. The summed E-state index contributed by atoms with van der Waals surface area (Å²) >= 11 is 3.78. The van der Waals surface area contributed by atoms with E-state index in [9.17, 15) is 0 Å². The van der Waals surface area contributed by atoms with Gasteiger partial charge in [0.1, 0.15) is 0 Å². The van der Waals surface area contributed by atoms with Crippen molar-refractivity contribution in [3.8, 4) is 5.69 Å². The number of benzene rings is 4. The largest absolute Gasteiger partial charge is 0.309 e. The normalized spacial score (nSPS) is 11.5. The number of hydrogen-bond donors (Lipinski definition) is 0. The maximum absolute atomic E-state index is 3.78. The Bertz CT molecular complexity index is 1200. The molecule has 0 bridgehead atoms. The highest BCUT2D eigenvalue weighted by Gasteiger charge is 2.16. The molecular weight excluding hydrogens is 358 g/mol. The summed E-state index contributed by atoms with van der Waals surface area (Å²) in [6.45, 7) is 0. The second kappa shape index (κ2) is 5.22. The first-order chi connectivity index (χ1) is 11.8.